The molecule has 0 fully saturated rings. The van der Waals surface area contributed by atoms with Gasteiger partial charge >= 0.3 is 0 Å². The Kier molecular flexibility index (Phi) is 11.0. The van der Waals surface area contributed by atoms with Gasteiger partial charge in [0.15, 0.2) is 11.2 Å². The van der Waals surface area contributed by atoms with Gasteiger partial charge in [0.2, 0.25) is 0 Å². The van der Waals surface area contributed by atoms with Gasteiger partial charge in [-0.3, -0.25) is 29.9 Å². The van der Waals surface area contributed by atoms with Crippen LogP contribution in [-0.4, -0.2) is 29.9 Å². The van der Waals surface area contributed by atoms with Crippen LogP contribution in [0.15, 0.2) is 216 Å². The zero-order valence-corrected chi connectivity index (χ0v) is 41.3. The van der Waals surface area contributed by atoms with Gasteiger partial charge in [-0.2, -0.15) is 0 Å². The molecule has 354 valence electrons. The summed E-state index contributed by atoms with van der Waals surface area (Å²) in [7, 11) is 0. The van der Waals surface area contributed by atoms with E-state index in [1.807, 2.05) is 74.1 Å². The summed E-state index contributed by atoms with van der Waals surface area (Å²) in [6, 6.07) is 51.6. The molecule has 0 radical (unpaired) electrons. The zero-order valence-electron chi connectivity index (χ0n) is 41.3. The molecule has 8 heterocycles. The van der Waals surface area contributed by atoms with Gasteiger partial charge in [-0.25, -0.2) is 0 Å². The van der Waals surface area contributed by atoms with Crippen LogP contribution in [0, 0.1) is 0 Å². The summed E-state index contributed by atoms with van der Waals surface area (Å²) < 4.78 is 13.5. The van der Waals surface area contributed by atoms with Gasteiger partial charge in [0.25, 0.3) is 0 Å². The SMILES string of the molecule is CC(C)c1cc(-c2ccncc2)c(-c2ccc3oc4c(-c5ccc(-c6ccnc7c6oc6ccc(-c8c(-c9ccncc9)cc(C(C)C)cc8-c8ccncc8)cc67)cc5)ccnc4c3c2)c(-c2ccncc2)c1. The lowest BCUT2D eigenvalue weighted by molar-refractivity contribution is 0.669. The summed E-state index contributed by atoms with van der Waals surface area (Å²) in [6.07, 6.45) is 18.6. The first-order chi connectivity index (χ1) is 36.3. The molecule has 0 saturated carbocycles. The van der Waals surface area contributed by atoms with Crippen LogP contribution >= 0.6 is 0 Å². The topological polar surface area (TPSA) is 104 Å². The number of rotatable bonds is 10. The summed E-state index contributed by atoms with van der Waals surface area (Å²) in [5, 5.41) is 1.90. The minimum Gasteiger partial charge on any atom is -0.454 e. The molecule has 0 aliphatic carbocycles. The van der Waals surface area contributed by atoms with Crippen molar-refractivity contribution in [3.63, 3.8) is 0 Å². The van der Waals surface area contributed by atoms with Crippen molar-refractivity contribution >= 4 is 44.1 Å². The molecule has 0 unspecified atom stereocenters. The highest BCUT2D eigenvalue weighted by Crippen LogP contribution is 2.47. The number of hydrogen-bond acceptors (Lipinski definition) is 8. The highest BCUT2D eigenvalue weighted by atomic mass is 16.3. The fraction of sp³-hybridized carbons (Fsp3) is 0.0909. The molecule has 74 heavy (non-hydrogen) atoms. The highest BCUT2D eigenvalue weighted by molar-refractivity contribution is 6.11. The first kappa shape index (κ1) is 44.5. The number of hydrogen-bond donors (Lipinski definition) is 0. The molecule has 8 heteroatoms. The molecule has 0 aliphatic heterocycles. The molecule has 13 aromatic rings. The summed E-state index contributed by atoms with van der Waals surface area (Å²) in [6.45, 7) is 8.96. The van der Waals surface area contributed by atoms with E-state index in [2.05, 4.69) is 181 Å². The lowest BCUT2D eigenvalue weighted by Crippen LogP contribution is -1.96. The van der Waals surface area contributed by atoms with Gasteiger partial charge in [-0.1, -0.05) is 88.4 Å². The molecular formula is C66H48N6O2. The van der Waals surface area contributed by atoms with E-state index in [-0.39, 0.29) is 0 Å². The van der Waals surface area contributed by atoms with Crippen LogP contribution in [-0.2, 0) is 0 Å². The van der Waals surface area contributed by atoms with Gasteiger partial charge in [0.1, 0.15) is 22.2 Å². The van der Waals surface area contributed by atoms with Gasteiger partial charge in [-0.05, 0) is 186 Å². The quantitative estimate of drug-likeness (QED) is 0.134. The van der Waals surface area contributed by atoms with Crippen LogP contribution in [0.3, 0.4) is 0 Å². The predicted molar refractivity (Wildman–Crippen MR) is 299 cm³/mol. The van der Waals surface area contributed by atoms with Crippen molar-refractivity contribution in [2.45, 2.75) is 39.5 Å². The summed E-state index contributed by atoms with van der Waals surface area (Å²) in [5.74, 6) is 0.651. The van der Waals surface area contributed by atoms with E-state index in [4.69, 9.17) is 18.8 Å². The van der Waals surface area contributed by atoms with Gasteiger partial charge in [-0.15, -0.1) is 0 Å². The van der Waals surface area contributed by atoms with Crippen molar-refractivity contribution in [3.8, 4) is 89.0 Å². The molecule has 0 bridgehead atoms. The molecule has 0 aliphatic rings. The Bertz CT molecular complexity index is 3830. The van der Waals surface area contributed by atoms with Crippen molar-refractivity contribution in [3.05, 3.63) is 219 Å². The Hall–Kier alpha value is -9.40. The van der Waals surface area contributed by atoms with Crippen molar-refractivity contribution in [1.82, 2.24) is 29.9 Å². The van der Waals surface area contributed by atoms with E-state index in [9.17, 15) is 0 Å². The zero-order chi connectivity index (χ0) is 49.9. The van der Waals surface area contributed by atoms with Crippen molar-refractivity contribution in [1.29, 1.82) is 0 Å². The fourth-order valence-corrected chi connectivity index (χ4v) is 10.6. The molecule has 8 aromatic heterocycles. The van der Waals surface area contributed by atoms with Crippen LogP contribution in [0.2, 0.25) is 0 Å². The lowest BCUT2D eigenvalue weighted by atomic mass is 9.84. The molecule has 0 spiro atoms. The maximum atomic E-state index is 6.73. The minimum atomic E-state index is 0.326. The monoisotopic (exact) mass is 956 g/mol. The number of nitrogens with zero attached hydrogens (tertiary/aromatic N) is 6. The molecule has 5 aromatic carbocycles. The molecule has 0 amide bonds. The minimum absolute atomic E-state index is 0.326. The Morgan fingerprint density at radius 3 is 0.905 bits per heavy atom. The van der Waals surface area contributed by atoms with Crippen LogP contribution < -0.4 is 0 Å². The Morgan fingerprint density at radius 2 is 0.595 bits per heavy atom. The number of benzene rings is 5. The van der Waals surface area contributed by atoms with E-state index in [1.54, 1.807) is 0 Å². The number of fused-ring (bicyclic) bond motifs is 6. The summed E-state index contributed by atoms with van der Waals surface area (Å²) in [5.41, 5.74) is 24.5. The van der Waals surface area contributed by atoms with E-state index >= 15 is 0 Å². The van der Waals surface area contributed by atoms with Crippen molar-refractivity contribution < 1.29 is 8.83 Å². The summed E-state index contributed by atoms with van der Waals surface area (Å²) >= 11 is 0. The molecule has 13 rings (SSSR count). The predicted octanol–water partition coefficient (Wildman–Crippen LogP) is 17.4. The number of furan rings is 2. The largest absolute Gasteiger partial charge is 0.454 e. The average Bonchev–Trinajstić information content (AvgIpc) is 4.03. The maximum absolute atomic E-state index is 6.73. The molecule has 0 saturated heterocycles. The van der Waals surface area contributed by atoms with Crippen LogP contribution in [0.1, 0.15) is 50.7 Å². The molecule has 8 nitrogen and oxygen atoms in total. The third-order valence-corrected chi connectivity index (χ3v) is 14.4. The van der Waals surface area contributed by atoms with Crippen molar-refractivity contribution in [2.75, 3.05) is 0 Å². The van der Waals surface area contributed by atoms with Crippen LogP contribution in [0.5, 0.6) is 0 Å². The number of pyridine rings is 6. The maximum Gasteiger partial charge on any atom is 0.161 e. The molecular weight excluding hydrogens is 909 g/mol. The van der Waals surface area contributed by atoms with Crippen LogP contribution in [0.4, 0.5) is 0 Å². The second-order valence-electron chi connectivity index (χ2n) is 19.5. The second kappa shape index (κ2) is 18.3. The van der Waals surface area contributed by atoms with Crippen molar-refractivity contribution in [2.24, 2.45) is 0 Å². The first-order valence-electron chi connectivity index (χ1n) is 25.1. The van der Waals surface area contributed by atoms with E-state index in [0.717, 1.165) is 133 Å². The molecule has 0 N–H and O–H groups in total. The normalized spacial score (nSPS) is 11.8. The Morgan fingerprint density at radius 1 is 0.297 bits per heavy atom. The second-order valence-corrected chi connectivity index (χ2v) is 19.5. The standard InChI is InChI=1S/C66H48N6O2/c1-39(2)49-35-53(43-13-23-67-24-14-43)61(54(36-49)44-15-25-68-26-16-44)47-9-11-59-57(33-47)63-65(73-59)51(21-31-71-63)41-5-7-42(8-6-41)52-22-32-72-64-58-34-48(10-12-60(58)74-66(52)64)62-55(45-17-27-69-28-18-45)37-50(40(3)4)38-56(62)46-19-29-70-30-20-46/h5-40H,1-4H3. The van der Waals surface area contributed by atoms with E-state index in [1.165, 1.54) is 11.1 Å². The summed E-state index contributed by atoms with van der Waals surface area (Å²) in [4.78, 5) is 27.3. The van der Waals surface area contributed by atoms with Gasteiger partial charge in [0, 0.05) is 83.9 Å². The Labute approximate surface area is 428 Å². The van der Waals surface area contributed by atoms with E-state index in [0.29, 0.717) is 11.8 Å². The van der Waals surface area contributed by atoms with Crippen LogP contribution in [0.25, 0.3) is 133 Å². The van der Waals surface area contributed by atoms with Gasteiger partial charge < -0.3 is 8.83 Å². The highest BCUT2D eigenvalue weighted by Gasteiger charge is 2.23. The smallest absolute Gasteiger partial charge is 0.161 e. The Balaban J connectivity index is 0.890. The molecule has 0 atom stereocenters. The fourth-order valence-electron chi connectivity index (χ4n) is 10.6. The number of aromatic nitrogens is 6. The van der Waals surface area contributed by atoms with Gasteiger partial charge in [0.05, 0.1) is 0 Å². The van der Waals surface area contributed by atoms with E-state index < -0.39 is 0 Å². The average molecular weight is 957 g/mol. The lowest BCUT2D eigenvalue weighted by Gasteiger charge is -2.20. The first-order valence-corrected chi connectivity index (χ1v) is 25.1. The third kappa shape index (κ3) is 7.79. The third-order valence-electron chi connectivity index (χ3n) is 14.4.